The van der Waals surface area contributed by atoms with E-state index in [2.05, 4.69) is 11.0 Å². The number of carboxylic acids is 3. The van der Waals surface area contributed by atoms with Gasteiger partial charge in [0.15, 0.2) is 5.60 Å². The minimum Gasteiger partial charge on any atom is -0.508 e. The van der Waals surface area contributed by atoms with Gasteiger partial charge in [0.25, 0.3) is 5.91 Å². The largest absolute Gasteiger partial charge is 0.508 e. The molecule has 0 unspecified atom stereocenters. The summed E-state index contributed by atoms with van der Waals surface area (Å²) in [6.45, 7) is 6.16. The molecule has 39 heavy (non-hydrogen) atoms. The number of benzene rings is 2. The third-order valence-corrected chi connectivity index (χ3v) is 5.60. The molecule has 2 rings (SSSR count). The fourth-order valence-electron chi connectivity index (χ4n) is 3.55. The number of carbonyl (C=O) groups excluding carboxylic acids is 1. The SMILES string of the molecule is CCN(CC)C(=O)c1ccc(C(=CCN(C)C)c2cccc(O)c2)cc1.O=C(O)CC(O)(CC(=O)O)C(=O)O. The molecule has 0 spiro atoms. The second-order valence-corrected chi connectivity index (χ2v) is 8.96. The van der Waals surface area contributed by atoms with Crippen LogP contribution in [0.1, 0.15) is 48.2 Å². The summed E-state index contributed by atoms with van der Waals surface area (Å²) < 4.78 is 0. The lowest BCUT2D eigenvalue weighted by molar-refractivity contribution is -0.170. The summed E-state index contributed by atoms with van der Waals surface area (Å²) in [5, 5.41) is 43.6. The molecule has 1 amide bonds. The van der Waals surface area contributed by atoms with Crippen molar-refractivity contribution in [1.29, 1.82) is 0 Å². The highest BCUT2D eigenvalue weighted by Crippen LogP contribution is 2.26. The molecule has 0 fully saturated rings. The summed E-state index contributed by atoms with van der Waals surface area (Å²) in [7, 11) is 4.03. The van der Waals surface area contributed by atoms with E-state index in [1.807, 2.05) is 69.2 Å². The number of aliphatic hydroxyl groups is 1. The Morgan fingerprint density at radius 3 is 1.74 bits per heavy atom. The Balaban J connectivity index is 0.000000495. The summed E-state index contributed by atoms with van der Waals surface area (Å²) >= 11 is 0. The zero-order valence-corrected chi connectivity index (χ0v) is 22.5. The normalized spacial score (nSPS) is 11.4. The monoisotopic (exact) mass is 544 g/mol. The van der Waals surface area contributed by atoms with Crippen LogP contribution in [0.4, 0.5) is 0 Å². The molecule has 0 atom stereocenters. The minimum atomic E-state index is -2.74. The maximum Gasteiger partial charge on any atom is 0.336 e. The molecule has 11 heteroatoms. The number of carbonyl (C=O) groups is 4. The highest BCUT2D eigenvalue weighted by Gasteiger charge is 2.40. The van der Waals surface area contributed by atoms with E-state index in [9.17, 15) is 24.3 Å². The Hall–Kier alpha value is -4.22. The number of hydrogen-bond acceptors (Lipinski definition) is 7. The van der Waals surface area contributed by atoms with Gasteiger partial charge in [0.1, 0.15) is 5.75 Å². The lowest BCUT2D eigenvalue weighted by Gasteiger charge is -2.19. The van der Waals surface area contributed by atoms with Gasteiger partial charge in [-0.2, -0.15) is 0 Å². The molecule has 0 saturated carbocycles. The van der Waals surface area contributed by atoms with Crippen molar-refractivity contribution < 1.29 is 44.7 Å². The number of phenolic OH excluding ortho intramolecular Hbond substituents is 1. The van der Waals surface area contributed by atoms with E-state index >= 15 is 0 Å². The van der Waals surface area contributed by atoms with Gasteiger partial charge in [-0.1, -0.05) is 30.3 Å². The molecule has 11 nitrogen and oxygen atoms in total. The van der Waals surface area contributed by atoms with Crippen LogP contribution in [0.25, 0.3) is 5.57 Å². The van der Waals surface area contributed by atoms with Crippen molar-refractivity contribution in [3.63, 3.8) is 0 Å². The van der Waals surface area contributed by atoms with E-state index in [-0.39, 0.29) is 11.7 Å². The molecular formula is C28H36N2O9. The summed E-state index contributed by atoms with van der Waals surface area (Å²) in [6.07, 6.45) is -0.154. The Morgan fingerprint density at radius 2 is 1.33 bits per heavy atom. The first-order valence-corrected chi connectivity index (χ1v) is 12.2. The van der Waals surface area contributed by atoms with Crippen LogP contribution in [-0.4, -0.2) is 98.5 Å². The number of hydrogen-bond donors (Lipinski definition) is 5. The smallest absolute Gasteiger partial charge is 0.336 e. The van der Waals surface area contributed by atoms with Crippen LogP contribution in [-0.2, 0) is 14.4 Å². The molecule has 0 aliphatic carbocycles. The van der Waals surface area contributed by atoms with Crippen molar-refractivity contribution in [2.24, 2.45) is 0 Å². The zero-order chi connectivity index (χ0) is 29.8. The van der Waals surface area contributed by atoms with Crippen LogP contribution in [0, 0.1) is 0 Å². The van der Waals surface area contributed by atoms with E-state index in [1.165, 1.54) is 0 Å². The third kappa shape index (κ3) is 10.6. The van der Waals surface area contributed by atoms with E-state index < -0.39 is 36.4 Å². The van der Waals surface area contributed by atoms with Gasteiger partial charge in [-0.15, -0.1) is 0 Å². The molecule has 0 heterocycles. The fraction of sp³-hybridized carbons (Fsp3) is 0.357. The molecule has 0 radical (unpaired) electrons. The quantitative estimate of drug-likeness (QED) is 0.267. The van der Waals surface area contributed by atoms with Gasteiger partial charge in [-0.05, 0) is 68.9 Å². The van der Waals surface area contributed by atoms with Gasteiger partial charge in [-0.25, -0.2) is 4.79 Å². The van der Waals surface area contributed by atoms with Gasteiger partial charge in [0.2, 0.25) is 0 Å². The maximum atomic E-state index is 12.5. The lowest BCUT2D eigenvalue weighted by Crippen LogP contribution is -2.42. The molecule has 0 aliphatic heterocycles. The van der Waals surface area contributed by atoms with Crippen molar-refractivity contribution in [2.45, 2.75) is 32.3 Å². The molecule has 0 aromatic heterocycles. The van der Waals surface area contributed by atoms with Crippen LogP contribution < -0.4 is 0 Å². The van der Waals surface area contributed by atoms with Crippen LogP contribution in [0.2, 0.25) is 0 Å². The van der Waals surface area contributed by atoms with E-state index in [1.54, 1.807) is 12.1 Å². The maximum absolute atomic E-state index is 12.5. The molecule has 0 bridgehead atoms. The summed E-state index contributed by atoms with van der Waals surface area (Å²) in [5.41, 5.74) is 0.970. The molecular weight excluding hydrogens is 508 g/mol. The van der Waals surface area contributed by atoms with Crippen LogP contribution in [0.3, 0.4) is 0 Å². The summed E-state index contributed by atoms with van der Waals surface area (Å²) in [6, 6.07) is 15.0. The molecule has 212 valence electrons. The van der Waals surface area contributed by atoms with Crippen molar-refractivity contribution in [1.82, 2.24) is 9.80 Å². The highest BCUT2D eigenvalue weighted by molar-refractivity contribution is 5.95. The number of carboxylic acid groups (broad SMARTS) is 3. The first-order chi connectivity index (χ1) is 18.2. The van der Waals surface area contributed by atoms with Crippen molar-refractivity contribution >= 4 is 29.4 Å². The molecule has 5 N–H and O–H groups in total. The van der Waals surface area contributed by atoms with Crippen LogP contribution in [0.15, 0.2) is 54.6 Å². The van der Waals surface area contributed by atoms with Crippen molar-refractivity contribution in [3.8, 4) is 5.75 Å². The standard InChI is InChI=1S/C22H28N2O2.C6H8O7/c1-5-24(6-2)22(26)18-12-10-17(11-13-18)21(14-15-23(3)4)19-8-7-9-20(25)16-19;7-3(8)1-6(13,5(11)12)2-4(9)10/h7-14,16,25H,5-6,15H2,1-4H3;13H,1-2H2,(H,7,8)(H,9,10)(H,11,12). The second kappa shape index (κ2) is 15.3. The zero-order valence-electron chi connectivity index (χ0n) is 22.5. The minimum absolute atomic E-state index is 0.0535. The lowest BCUT2D eigenvalue weighted by atomic mass is 9.96. The molecule has 0 saturated heterocycles. The van der Waals surface area contributed by atoms with Gasteiger partial charge in [0.05, 0.1) is 12.8 Å². The molecule has 0 aliphatic rings. The highest BCUT2D eigenvalue weighted by atomic mass is 16.4. The van der Waals surface area contributed by atoms with Crippen LogP contribution >= 0.6 is 0 Å². The van der Waals surface area contributed by atoms with Crippen molar-refractivity contribution in [3.05, 3.63) is 71.3 Å². The number of phenols is 1. The number of aromatic hydroxyl groups is 1. The van der Waals surface area contributed by atoms with Crippen LogP contribution in [0.5, 0.6) is 5.75 Å². The number of likely N-dealkylation sites (N-methyl/N-ethyl adjacent to an activating group) is 1. The fourth-order valence-corrected chi connectivity index (χ4v) is 3.55. The predicted molar refractivity (Wildman–Crippen MR) is 145 cm³/mol. The first kappa shape index (κ1) is 32.8. The first-order valence-electron chi connectivity index (χ1n) is 12.2. The third-order valence-electron chi connectivity index (χ3n) is 5.60. The Labute approximate surface area is 227 Å². The van der Waals surface area contributed by atoms with Gasteiger partial charge in [0, 0.05) is 25.2 Å². The Morgan fingerprint density at radius 1 is 0.821 bits per heavy atom. The Kier molecular flexibility index (Phi) is 12.8. The molecule has 2 aromatic carbocycles. The van der Waals surface area contributed by atoms with E-state index in [4.69, 9.17) is 20.4 Å². The van der Waals surface area contributed by atoms with Gasteiger partial charge >= 0.3 is 17.9 Å². The topological polar surface area (TPSA) is 176 Å². The number of aliphatic carboxylic acids is 3. The number of rotatable bonds is 12. The second-order valence-electron chi connectivity index (χ2n) is 8.96. The predicted octanol–water partition coefficient (Wildman–Crippen LogP) is 2.62. The average molecular weight is 545 g/mol. The summed E-state index contributed by atoms with van der Waals surface area (Å²) in [5.74, 6) is -4.72. The summed E-state index contributed by atoms with van der Waals surface area (Å²) in [4.78, 5) is 46.9. The van der Waals surface area contributed by atoms with Gasteiger partial charge in [-0.3, -0.25) is 14.4 Å². The van der Waals surface area contributed by atoms with Crippen molar-refractivity contribution in [2.75, 3.05) is 33.7 Å². The average Bonchev–Trinajstić information content (AvgIpc) is 2.84. The number of nitrogens with zero attached hydrogens (tertiary/aromatic N) is 2. The van der Waals surface area contributed by atoms with E-state index in [0.717, 1.165) is 23.2 Å². The van der Waals surface area contributed by atoms with Gasteiger partial charge < -0.3 is 35.3 Å². The van der Waals surface area contributed by atoms with E-state index in [0.29, 0.717) is 18.7 Å². The molecule has 2 aromatic rings. The number of amides is 1. The Bertz CT molecular complexity index is 1150.